The van der Waals surface area contributed by atoms with E-state index in [9.17, 15) is 10.5 Å². The summed E-state index contributed by atoms with van der Waals surface area (Å²) in [6.45, 7) is 0. The molecule has 0 fully saturated rings. The van der Waals surface area contributed by atoms with Gasteiger partial charge in [-0.05, 0) is 54.1 Å². The van der Waals surface area contributed by atoms with E-state index in [2.05, 4.69) is 118 Å². The Hall–Kier alpha value is -6.10. The molecular formula is C38H22N4. The number of nitrogens with zero attached hydrogens (tertiary/aromatic N) is 4. The van der Waals surface area contributed by atoms with Gasteiger partial charge in [0.25, 0.3) is 0 Å². The molecule has 0 N–H and O–H groups in total. The van der Waals surface area contributed by atoms with Crippen molar-refractivity contribution in [3.8, 4) is 34.6 Å². The van der Waals surface area contributed by atoms with Crippen molar-refractivity contribution in [3.63, 3.8) is 0 Å². The molecule has 0 radical (unpaired) electrons. The highest BCUT2D eigenvalue weighted by atomic mass is 15.0. The first kappa shape index (κ1) is 23.8. The first-order valence-corrected chi connectivity index (χ1v) is 13.8. The molecular weight excluding hydrogens is 512 g/mol. The van der Waals surface area contributed by atoms with Gasteiger partial charge in [0.15, 0.2) is 0 Å². The van der Waals surface area contributed by atoms with Gasteiger partial charge in [-0.2, -0.15) is 10.5 Å². The van der Waals surface area contributed by atoms with Gasteiger partial charge in [-0.3, -0.25) is 0 Å². The lowest BCUT2D eigenvalue weighted by Crippen LogP contribution is -2.00. The maximum atomic E-state index is 9.96. The van der Waals surface area contributed by atoms with E-state index >= 15 is 0 Å². The summed E-state index contributed by atoms with van der Waals surface area (Å²) in [4.78, 5) is 0. The summed E-state index contributed by atoms with van der Waals surface area (Å²) < 4.78 is 4.50. The molecule has 0 atom stereocenters. The fourth-order valence-electron chi connectivity index (χ4n) is 6.36. The molecule has 4 nitrogen and oxygen atoms in total. The van der Waals surface area contributed by atoms with E-state index in [0.29, 0.717) is 11.1 Å². The zero-order valence-electron chi connectivity index (χ0n) is 22.5. The molecule has 0 saturated carbocycles. The Kier molecular flexibility index (Phi) is 5.22. The Labute approximate surface area is 242 Å². The number of aromatic nitrogens is 2. The van der Waals surface area contributed by atoms with Gasteiger partial charge >= 0.3 is 0 Å². The van der Waals surface area contributed by atoms with Gasteiger partial charge in [0.1, 0.15) is 12.1 Å². The van der Waals surface area contributed by atoms with Crippen molar-refractivity contribution in [1.82, 2.24) is 9.13 Å². The van der Waals surface area contributed by atoms with Crippen LogP contribution in [0.4, 0.5) is 0 Å². The quantitative estimate of drug-likeness (QED) is 0.227. The minimum atomic E-state index is 0.361. The van der Waals surface area contributed by atoms with Gasteiger partial charge in [0, 0.05) is 32.8 Å². The van der Waals surface area contributed by atoms with E-state index in [1.165, 1.54) is 10.8 Å². The molecule has 0 aliphatic carbocycles. The maximum Gasteiger partial charge on any atom is 0.101 e. The lowest BCUT2D eigenvalue weighted by Gasteiger charge is -2.16. The minimum Gasteiger partial charge on any atom is -0.309 e. The molecule has 6 aromatic carbocycles. The van der Waals surface area contributed by atoms with Crippen LogP contribution in [0, 0.1) is 22.7 Å². The van der Waals surface area contributed by atoms with Crippen molar-refractivity contribution < 1.29 is 0 Å². The normalized spacial score (nSPS) is 11.3. The molecule has 0 amide bonds. The third-order valence-corrected chi connectivity index (χ3v) is 8.21. The van der Waals surface area contributed by atoms with Crippen molar-refractivity contribution in [1.29, 1.82) is 10.5 Å². The minimum absolute atomic E-state index is 0.361. The summed E-state index contributed by atoms with van der Waals surface area (Å²) >= 11 is 0. The topological polar surface area (TPSA) is 57.4 Å². The summed E-state index contributed by atoms with van der Waals surface area (Å²) in [7, 11) is 0. The number of hydrogen-bond acceptors (Lipinski definition) is 2. The molecule has 0 aliphatic heterocycles. The second kappa shape index (κ2) is 9.24. The first-order valence-electron chi connectivity index (χ1n) is 13.8. The van der Waals surface area contributed by atoms with Crippen LogP contribution in [0.2, 0.25) is 0 Å². The number of hydrogen-bond donors (Lipinski definition) is 0. The fraction of sp³-hybridized carbons (Fsp3) is 0. The van der Waals surface area contributed by atoms with Crippen LogP contribution in [-0.2, 0) is 0 Å². The molecule has 194 valence electrons. The van der Waals surface area contributed by atoms with Crippen LogP contribution in [-0.4, -0.2) is 9.13 Å². The smallest absolute Gasteiger partial charge is 0.101 e. The average Bonchev–Trinajstić information content (AvgIpc) is 3.57. The molecule has 2 heterocycles. The van der Waals surface area contributed by atoms with Crippen LogP contribution in [0.25, 0.3) is 66.1 Å². The summed E-state index contributed by atoms with van der Waals surface area (Å²) in [5.41, 5.74) is 8.93. The maximum absolute atomic E-state index is 9.96. The standard InChI is InChI=1S/C38H22N4/c39-23-26-21-33(38(22-27(26)24-40)42-36-15-7-3-11-31(36)32-12-4-8-16-37(32)42)25-17-19-28(20-18-25)41-34-13-5-1-9-29(34)30-10-2-6-14-35(30)41/h1-22H. The molecule has 8 aromatic rings. The zero-order chi connectivity index (χ0) is 28.2. The molecule has 0 bridgehead atoms. The Morgan fingerprint density at radius 1 is 0.429 bits per heavy atom. The second-order valence-corrected chi connectivity index (χ2v) is 10.4. The van der Waals surface area contributed by atoms with Gasteiger partial charge in [-0.25, -0.2) is 0 Å². The molecule has 2 aromatic heterocycles. The molecule has 42 heavy (non-hydrogen) atoms. The van der Waals surface area contributed by atoms with Crippen molar-refractivity contribution in [3.05, 3.63) is 145 Å². The summed E-state index contributed by atoms with van der Waals surface area (Å²) in [5.74, 6) is 0. The number of rotatable bonds is 3. The molecule has 0 saturated heterocycles. The Balaban J connectivity index is 1.38. The predicted molar refractivity (Wildman–Crippen MR) is 170 cm³/mol. The Morgan fingerprint density at radius 3 is 1.29 bits per heavy atom. The number of fused-ring (bicyclic) bond motifs is 6. The highest BCUT2D eigenvalue weighted by molar-refractivity contribution is 6.10. The average molecular weight is 535 g/mol. The largest absolute Gasteiger partial charge is 0.309 e. The fourth-order valence-corrected chi connectivity index (χ4v) is 6.36. The molecule has 4 heteroatoms. The van der Waals surface area contributed by atoms with E-state index in [-0.39, 0.29) is 0 Å². The lowest BCUT2D eigenvalue weighted by atomic mass is 9.97. The SMILES string of the molecule is N#Cc1cc(-c2ccc(-n3c4ccccc4c4ccccc43)cc2)c(-n2c3ccccc3c3ccccc32)cc1C#N. The summed E-state index contributed by atoms with van der Waals surface area (Å²) in [6.07, 6.45) is 0. The van der Waals surface area contributed by atoms with E-state index in [1.54, 1.807) is 0 Å². The molecule has 8 rings (SSSR count). The molecule has 0 aliphatic rings. The van der Waals surface area contributed by atoms with Gasteiger partial charge < -0.3 is 9.13 Å². The Bertz CT molecular complexity index is 2320. The zero-order valence-corrected chi connectivity index (χ0v) is 22.5. The van der Waals surface area contributed by atoms with Crippen LogP contribution in [0.15, 0.2) is 133 Å². The number of para-hydroxylation sites is 4. The van der Waals surface area contributed by atoms with Crippen molar-refractivity contribution in [2.24, 2.45) is 0 Å². The number of nitriles is 2. The van der Waals surface area contributed by atoms with Gasteiger partial charge in [-0.1, -0.05) is 84.9 Å². The van der Waals surface area contributed by atoms with E-state index in [1.807, 2.05) is 36.4 Å². The van der Waals surface area contributed by atoms with Gasteiger partial charge in [-0.15, -0.1) is 0 Å². The molecule has 0 unspecified atom stereocenters. The van der Waals surface area contributed by atoms with Crippen molar-refractivity contribution in [2.75, 3.05) is 0 Å². The van der Waals surface area contributed by atoms with Crippen molar-refractivity contribution >= 4 is 43.6 Å². The monoisotopic (exact) mass is 534 g/mol. The van der Waals surface area contributed by atoms with Crippen LogP contribution >= 0.6 is 0 Å². The van der Waals surface area contributed by atoms with Crippen LogP contribution in [0.3, 0.4) is 0 Å². The Morgan fingerprint density at radius 2 is 0.833 bits per heavy atom. The van der Waals surface area contributed by atoms with E-state index < -0.39 is 0 Å². The highest BCUT2D eigenvalue weighted by Crippen LogP contribution is 2.38. The summed E-state index contributed by atoms with van der Waals surface area (Å²) in [6, 6.07) is 50.3. The van der Waals surface area contributed by atoms with Crippen molar-refractivity contribution in [2.45, 2.75) is 0 Å². The van der Waals surface area contributed by atoms with Crippen LogP contribution < -0.4 is 0 Å². The number of benzene rings is 6. The second-order valence-electron chi connectivity index (χ2n) is 10.4. The third kappa shape index (κ3) is 3.40. The third-order valence-electron chi connectivity index (χ3n) is 8.21. The van der Waals surface area contributed by atoms with E-state index in [0.717, 1.165) is 55.3 Å². The van der Waals surface area contributed by atoms with Crippen LogP contribution in [0.5, 0.6) is 0 Å². The summed E-state index contributed by atoms with van der Waals surface area (Å²) in [5, 5.41) is 24.6. The lowest BCUT2D eigenvalue weighted by molar-refractivity contribution is 1.17. The highest BCUT2D eigenvalue weighted by Gasteiger charge is 2.19. The van der Waals surface area contributed by atoms with E-state index in [4.69, 9.17) is 0 Å². The van der Waals surface area contributed by atoms with Gasteiger partial charge in [0.05, 0.1) is 38.9 Å². The van der Waals surface area contributed by atoms with Crippen LogP contribution in [0.1, 0.15) is 11.1 Å². The predicted octanol–water partition coefficient (Wildman–Crippen LogP) is 9.29. The molecule has 0 spiro atoms. The first-order chi connectivity index (χ1) is 20.8. The van der Waals surface area contributed by atoms with Gasteiger partial charge in [0.2, 0.25) is 0 Å².